The van der Waals surface area contributed by atoms with Crippen LogP contribution >= 0.6 is 0 Å². The molecule has 0 aromatic heterocycles. The lowest BCUT2D eigenvalue weighted by Gasteiger charge is -2.39. The summed E-state index contributed by atoms with van der Waals surface area (Å²) >= 11 is 0. The number of likely N-dealkylation sites (N-methyl/N-ethyl adjacent to an activating group) is 2. The lowest BCUT2D eigenvalue weighted by atomic mass is 9.81. The van der Waals surface area contributed by atoms with Crippen molar-refractivity contribution in [3.63, 3.8) is 0 Å². The Kier molecular flexibility index (Phi) is 3.09. The molecule has 0 heterocycles. The molecule has 3 nitrogen and oxygen atoms in total. The van der Waals surface area contributed by atoms with Crippen LogP contribution in [0, 0.1) is 5.92 Å². The number of nitrogens with one attached hydrogen (secondary N) is 1. The second-order valence-corrected chi connectivity index (χ2v) is 3.77. The van der Waals surface area contributed by atoms with E-state index in [4.69, 9.17) is 0 Å². The van der Waals surface area contributed by atoms with Gasteiger partial charge >= 0.3 is 0 Å². The molecule has 1 aliphatic carbocycles. The minimum absolute atomic E-state index is 0.203. The third-order valence-electron chi connectivity index (χ3n) is 2.62. The highest BCUT2D eigenvalue weighted by atomic mass is 16.2. The Hall–Kier alpha value is -0.570. The van der Waals surface area contributed by atoms with Crippen LogP contribution in [0.25, 0.3) is 0 Å². The number of hydrogen-bond donors (Lipinski definition) is 1. The molecule has 0 bridgehead atoms. The van der Waals surface area contributed by atoms with Crippen LogP contribution in [0.15, 0.2) is 0 Å². The van der Waals surface area contributed by atoms with Crippen molar-refractivity contribution in [3.8, 4) is 0 Å². The topological polar surface area (TPSA) is 32.3 Å². The molecule has 1 rings (SSSR count). The molecule has 0 unspecified atom stereocenters. The van der Waals surface area contributed by atoms with E-state index in [9.17, 15) is 4.79 Å². The Balaban J connectivity index is 2.27. The van der Waals surface area contributed by atoms with Gasteiger partial charge in [0, 0.05) is 13.1 Å². The minimum Gasteiger partial charge on any atom is -0.342 e. The Morgan fingerprint density at radius 1 is 1.58 bits per heavy atom. The third-order valence-corrected chi connectivity index (χ3v) is 2.62. The maximum atomic E-state index is 11.3. The number of carbonyl (C=O) groups is 1. The molecule has 1 fully saturated rings. The van der Waals surface area contributed by atoms with E-state index >= 15 is 0 Å². The van der Waals surface area contributed by atoms with Gasteiger partial charge in [-0.25, -0.2) is 0 Å². The van der Waals surface area contributed by atoms with E-state index in [1.54, 1.807) is 7.05 Å². The van der Waals surface area contributed by atoms with Crippen molar-refractivity contribution in [2.75, 3.05) is 20.6 Å². The van der Waals surface area contributed by atoms with Gasteiger partial charge in [-0.3, -0.25) is 4.79 Å². The summed E-state index contributed by atoms with van der Waals surface area (Å²) in [7, 11) is 3.70. The summed E-state index contributed by atoms with van der Waals surface area (Å²) in [6.45, 7) is 2.69. The Bertz CT molecular complexity index is 164. The molecule has 0 aromatic rings. The van der Waals surface area contributed by atoms with Gasteiger partial charge in [0.15, 0.2) is 0 Å². The maximum absolute atomic E-state index is 11.3. The highest BCUT2D eigenvalue weighted by Crippen LogP contribution is 2.30. The van der Waals surface area contributed by atoms with Crippen LogP contribution in [-0.4, -0.2) is 37.5 Å². The first-order valence-electron chi connectivity index (χ1n) is 4.55. The van der Waals surface area contributed by atoms with Crippen LogP contribution in [0.5, 0.6) is 0 Å². The number of rotatable bonds is 3. The lowest BCUT2D eigenvalue weighted by Crippen LogP contribution is -2.47. The monoisotopic (exact) mass is 170 g/mol. The van der Waals surface area contributed by atoms with Crippen molar-refractivity contribution in [2.24, 2.45) is 5.92 Å². The Morgan fingerprint density at radius 3 is 2.58 bits per heavy atom. The van der Waals surface area contributed by atoms with E-state index in [1.165, 1.54) is 12.8 Å². The van der Waals surface area contributed by atoms with Gasteiger partial charge in [-0.05, 0) is 25.8 Å². The van der Waals surface area contributed by atoms with E-state index in [2.05, 4.69) is 12.2 Å². The molecule has 0 aliphatic heterocycles. The molecule has 1 N–H and O–H groups in total. The molecule has 12 heavy (non-hydrogen) atoms. The van der Waals surface area contributed by atoms with Gasteiger partial charge < -0.3 is 10.2 Å². The number of hydrogen-bond acceptors (Lipinski definition) is 2. The number of amides is 1. The zero-order chi connectivity index (χ0) is 9.14. The van der Waals surface area contributed by atoms with Crippen LogP contribution in [0.2, 0.25) is 0 Å². The lowest BCUT2D eigenvalue weighted by molar-refractivity contribution is -0.133. The Morgan fingerprint density at radius 2 is 2.17 bits per heavy atom. The van der Waals surface area contributed by atoms with Crippen LogP contribution in [0.4, 0.5) is 0 Å². The molecule has 1 aliphatic rings. The average molecular weight is 170 g/mol. The second kappa shape index (κ2) is 3.90. The quantitative estimate of drug-likeness (QED) is 0.667. The number of carbonyl (C=O) groups excluding carboxylic acids is 1. The molecule has 0 saturated heterocycles. The average Bonchev–Trinajstić information content (AvgIpc) is 1.98. The van der Waals surface area contributed by atoms with Gasteiger partial charge in [0.2, 0.25) is 5.91 Å². The maximum Gasteiger partial charge on any atom is 0.236 e. The van der Waals surface area contributed by atoms with Crippen LogP contribution in [0.1, 0.15) is 19.8 Å². The first kappa shape index (κ1) is 9.52. The minimum atomic E-state index is 0.203. The van der Waals surface area contributed by atoms with Crippen molar-refractivity contribution < 1.29 is 4.79 Å². The van der Waals surface area contributed by atoms with Crippen molar-refractivity contribution >= 4 is 5.91 Å². The largest absolute Gasteiger partial charge is 0.342 e. The summed E-state index contributed by atoms with van der Waals surface area (Å²) < 4.78 is 0. The van der Waals surface area contributed by atoms with E-state index in [-0.39, 0.29) is 5.91 Å². The van der Waals surface area contributed by atoms with E-state index in [0.717, 1.165) is 5.92 Å². The highest BCUT2D eigenvalue weighted by molar-refractivity contribution is 5.78. The smallest absolute Gasteiger partial charge is 0.236 e. The van der Waals surface area contributed by atoms with Gasteiger partial charge in [-0.2, -0.15) is 0 Å². The van der Waals surface area contributed by atoms with Crippen molar-refractivity contribution in [1.29, 1.82) is 0 Å². The van der Waals surface area contributed by atoms with E-state index in [1.807, 2.05) is 11.9 Å². The predicted molar refractivity (Wildman–Crippen MR) is 48.9 cm³/mol. The first-order valence-corrected chi connectivity index (χ1v) is 4.55. The van der Waals surface area contributed by atoms with Crippen LogP contribution in [0.3, 0.4) is 0 Å². The third kappa shape index (κ3) is 1.97. The molecule has 0 atom stereocenters. The summed E-state index contributed by atoms with van der Waals surface area (Å²) in [6, 6.07) is 0.501. The molecular formula is C9H18N2O. The fourth-order valence-electron chi connectivity index (χ4n) is 1.66. The zero-order valence-electron chi connectivity index (χ0n) is 8.13. The standard InChI is InChI=1S/C9H18N2O/c1-7-4-8(5-7)11(3)9(12)6-10-2/h7-8,10H,4-6H2,1-3H3. The van der Waals surface area contributed by atoms with Crippen LogP contribution in [-0.2, 0) is 4.79 Å². The van der Waals surface area contributed by atoms with Gasteiger partial charge in [0.25, 0.3) is 0 Å². The van der Waals surface area contributed by atoms with Crippen LogP contribution < -0.4 is 5.32 Å². The van der Waals surface area contributed by atoms with Gasteiger partial charge in [-0.15, -0.1) is 0 Å². The Labute approximate surface area is 74.1 Å². The van der Waals surface area contributed by atoms with E-state index in [0.29, 0.717) is 12.6 Å². The fourth-order valence-corrected chi connectivity index (χ4v) is 1.66. The summed E-state index contributed by atoms with van der Waals surface area (Å²) in [4.78, 5) is 13.2. The molecular weight excluding hydrogens is 152 g/mol. The summed E-state index contributed by atoms with van der Waals surface area (Å²) in [5, 5.41) is 2.87. The summed E-state index contributed by atoms with van der Waals surface area (Å²) in [5.74, 6) is 1.01. The second-order valence-electron chi connectivity index (χ2n) is 3.77. The number of nitrogens with zero attached hydrogens (tertiary/aromatic N) is 1. The van der Waals surface area contributed by atoms with Crippen molar-refractivity contribution in [2.45, 2.75) is 25.8 Å². The normalized spacial score (nSPS) is 27.9. The molecule has 0 aromatic carbocycles. The molecule has 70 valence electrons. The molecule has 3 heteroatoms. The van der Waals surface area contributed by atoms with E-state index < -0.39 is 0 Å². The SMILES string of the molecule is CNCC(=O)N(C)C1CC(C)C1. The first-order chi connectivity index (χ1) is 5.65. The molecule has 1 amide bonds. The van der Waals surface area contributed by atoms with Gasteiger partial charge in [-0.1, -0.05) is 6.92 Å². The van der Waals surface area contributed by atoms with Crippen molar-refractivity contribution in [1.82, 2.24) is 10.2 Å². The highest BCUT2D eigenvalue weighted by Gasteiger charge is 2.30. The summed E-state index contributed by atoms with van der Waals surface area (Å²) in [6.07, 6.45) is 2.35. The fraction of sp³-hybridized carbons (Fsp3) is 0.889. The molecule has 1 saturated carbocycles. The predicted octanol–water partition coefficient (Wildman–Crippen LogP) is 0.463. The van der Waals surface area contributed by atoms with Gasteiger partial charge in [0.1, 0.15) is 0 Å². The van der Waals surface area contributed by atoms with Crippen molar-refractivity contribution in [3.05, 3.63) is 0 Å². The zero-order valence-corrected chi connectivity index (χ0v) is 8.13. The molecule has 0 spiro atoms. The van der Waals surface area contributed by atoms with Gasteiger partial charge in [0.05, 0.1) is 6.54 Å². The summed E-state index contributed by atoms with van der Waals surface area (Å²) in [5.41, 5.74) is 0. The molecule has 0 radical (unpaired) electrons.